The number of ether oxygens (including phenoxy) is 1. The van der Waals surface area contributed by atoms with Crippen LogP contribution in [0.5, 0.6) is 0 Å². The SMILES string of the molecule is Cc1ccc(-n2c(N(C)C)nc(CN3CCC(N4CCO[C@H](C)C4)CC3)c2Cl)cc1. The van der Waals surface area contributed by atoms with Crippen LogP contribution in [0, 0.1) is 6.92 Å². The van der Waals surface area contributed by atoms with E-state index in [1.807, 2.05) is 19.0 Å². The van der Waals surface area contributed by atoms with E-state index in [9.17, 15) is 0 Å². The fourth-order valence-corrected chi connectivity index (χ4v) is 4.86. The minimum absolute atomic E-state index is 0.353. The minimum atomic E-state index is 0.353. The highest BCUT2D eigenvalue weighted by Crippen LogP contribution is 2.30. The number of aromatic nitrogens is 2. The summed E-state index contributed by atoms with van der Waals surface area (Å²) in [5.41, 5.74) is 3.24. The van der Waals surface area contributed by atoms with Crippen molar-refractivity contribution in [3.05, 3.63) is 40.7 Å². The van der Waals surface area contributed by atoms with Gasteiger partial charge in [-0.2, -0.15) is 0 Å². The number of hydrogen-bond donors (Lipinski definition) is 0. The summed E-state index contributed by atoms with van der Waals surface area (Å²) in [6.45, 7) is 10.2. The number of aryl methyl sites for hydroxylation is 1. The Hall–Kier alpha value is -1.60. The first-order valence-electron chi connectivity index (χ1n) is 11.0. The topological polar surface area (TPSA) is 36.8 Å². The molecule has 0 bridgehead atoms. The van der Waals surface area contributed by atoms with Gasteiger partial charge in [0, 0.05) is 58.5 Å². The largest absolute Gasteiger partial charge is 0.376 e. The third-order valence-electron chi connectivity index (χ3n) is 6.28. The lowest BCUT2D eigenvalue weighted by Gasteiger charge is -2.41. The molecule has 2 aliphatic rings. The van der Waals surface area contributed by atoms with Crippen LogP contribution >= 0.6 is 11.6 Å². The van der Waals surface area contributed by atoms with Gasteiger partial charge < -0.3 is 9.64 Å². The van der Waals surface area contributed by atoms with Gasteiger partial charge in [0.05, 0.1) is 18.4 Å². The van der Waals surface area contributed by atoms with Crippen LogP contribution in [0.4, 0.5) is 5.95 Å². The van der Waals surface area contributed by atoms with E-state index in [1.54, 1.807) is 0 Å². The molecular weight excluding hydrogens is 398 g/mol. The number of halogens is 1. The Kier molecular flexibility index (Phi) is 6.68. The lowest BCUT2D eigenvalue weighted by Crippen LogP contribution is -2.50. The molecule has 164 valence electrons. The first-order valence-corrected chi connectivity index (χ1v) is 11.4. The average Bonchev–Trinajstić information content (AvgIpc) is 3.06. The molecule has 2 aromatic rings. The van der Waals surface area contributed by atoms with Crippen LogP contribution in [0.2, 0.25) is 5.15 Å². The fraction of sp³-hybridized carbons (Fsp3) is 0.609. The number of morpholine rings is 1. The molecule has 0 unspecified atom stereocenters. The maximum absolute atomic E-state index is 6.86. The maximum atomic E-state index is 6.86. The molecular formula is C23H34ClN5O. The zero-order chi connectivity index (χ0) is 21.3. The number of hydrogen-bond acceptors (Lipinski definition) is 5. The van der Waals surface area contributed by atoms with Crippen molar-refractivity contribution in [2.45, 2.75) is 45.4 Å². The van der Waals surface area contributed by atoms with Gasteiger partial charge in [-0.05, 0) is 38.8 Å². The maximum Gasteiger partial charge on any atom is 0.211 e. The quantitative estimate of drug-likeness (QED) is 0.723. The van der Waals surface area contributed by atoms with Crippen LogP contribution in [0.25, 0.3) is 5.69 Å². The van der Waals surface area contributed by atoms with E-state index in [4.69, 9.17) is 21.3 Å². The van der Waals surface area contributed by atoms with E-state index in [-0.39, 0.29) is 0 Å². The third-order valence-corrected chi connectivity index (χ3v) is 6.67. The second-order valence-corrected chi connectivity index (χ2v) is 9.26. The normalized spacial score (nSPS) is 21.8. The fourth-order valence-electron chi connectivity index (χ4n) is 4.59. The van der Waals surface area contributed by atoms with Gasteiger partial charge in [-0.3, -0.25) is 14.4 Å². The van der Waals surface area contributed by atoms with E-state index in [0.29, 0.717) is 17.3 Å². The minimum Gasteiger partial charge on any atom is -0.376 e. The molecule has 1 atom stereocenters. The van der Waals surface area contributed by atoms with Gasteiger partial charge >= 0.3 is 0 Å². The van der Waals surface area contributed by atoms with Gasteiger partial charge in [0.1, 0.15) is 5.15 Å². The number of anilines is 1. The second-order valence-electron chi connectivity index (χ2n) is 8.90. The van der Waals surface area contributed by atoms with Gasteiger partial charge in [-0.1, -0.05) is 29.3 Å². The molecule has 0 saturated carbocycles. The summed E-state index contributed by atoms with van der Waals surface area (Å²) < 4.78 is 7.76. The molecule has 3 heterocycles. The summed E-state index contributed by atoms with van der Waals surface area (Å²) in [5.74, 6) is 0.871. The Morgan fingerprint density at radius 1 is 1.13 bits per heavy atom. The molecule has 0 amide bonds. The van der Waals surface area contributed by atoms with Gasteiger partial charge in [0.2, 0.25) is 5.95 Å². The van der Waals surface area contributed by atoms with E-state index < -0.39 is 0 Å². The Morgan fingerprint density at radius 2 is 1.83 bits per heavy atom. The monoisotopic (exact) mass is 431 g/mol. The standard InChI is InChI=1S/C23H34ClN5O/c1-17-5-7-20(8-6-17)29-22(24)21(25-23(29)26(3)4)16-27-11-9-19(10-12-27)28-13-14-30-18(2)15-28/h5-8,18-19H,9-16H2,1-4H3/t18-/m1/s1. The number of imidazole rings is 1. The zero-order valence-electron chi connectivity index (χ0n) is 18.6. The van der Waals surface area contributed by atoms with Crippen LogP contribution in [0.15, 0.2) is 24.3 Å². The van der Waals surface area contributed by atoms with Crippen molar-refractivity contribution >= 4 is 17.5 Å². The van der Waals surface area contributed by atoms with E-state index in [0.717, 1.165) is 56.7 Å². The molecule has 1 aromatic heterocycles. The van der Waals surface area contributed by atoms with Crippen molar-refractivity contribution in [3.8, 4) is 5.69 Å². The van der Waals surface area contributed by atoms with Gasteiger partial charge in [0.25, 0.3) is 0 Å². The van der Waals surface area contributed by atoms with Crippen molar-refractivity contribution in [1.82, 2.24) is 19.4 Å². The molecule has 30 heavy (non-hydrogen) atoms. The third kappa shape index (κ3) is 4.67. The Morgan fingerprint density at radius 3 is 2.47 bits per heavy atom. The molecule has 0 aliphatic carbocycles. The number of piperidine rings is 1. The molecule has 2 fully saturated rings. The van der Waals surface area contributed by atoms with Crippen LogP contribution < -0.4 is 4.90 Å². The molecule has 0 radical (unpaired) electrons. The van der Waals surface area contributed by atoms with Crippen molar-refractivity contribution in [1.29, 1.82) is 0 Å². The zero-order valence-corrected chi connectivity index (χ0v) is 19.4. The summed E-state index contributed by atoms with van der Waals surface area (Å²) in [5, 5.41) is 0.715. The molecule has 6 nitrogen and oxygen atoms in total. The van der Waals surface area contributed by atoms with Crippen molar-refractivity contribution in [2.24, 2.45) is 0 Å². The predicted octanol–water partition coefficient (Wildman–Crippen LogP) is 3.59. The van der Waals surface area contributed by atoms with Gasteiger partial charge in [-0.25, -0.2) is 4.98 Å². The first kappa shape index (κ1) is 21.6. The van der Waals surface area contributed by atoms with Crippen LogP contribution in [0.3, 0.4) is 0 Å². The Bertz CT molecular complexity index is 842. The van der Waals surface area contributed by atoms with Gasteiger partial charge in [0.15, 0.2) is 0 Å². The average molecular weight is 432 g/mol. The summed E-state index contributed by atoms with van der Waals surface area (Å²) in [6, 6.07) is 9.11. The summed E-state index contributed by atoms with van der Waals surface area (Å²) in [4.78, 5) is 12.1. The highest BCUT2D eigenvalue weighted by Gasteiger charge is 2.29. The lowest BCUT2D eigenvalue weighted by atomic mass is 10.0. The van der Waals surface area contributed by atoms with Crippen LogP contribution in [0.1, 0.15) is 31.0 Å². The second kappa shape index (κ2) is 9.27. The highest BCUT2D eigenvalue weighted by molar-refractivity contribution is 6.30. The number of rotatable bonds is 5. The molecule has 2 aliphatic heterocycles. The Balaban J connectivity index is 1.45. The first-order chi connectivity index (χ1) is 14.4. The number of nitrogens with zero attached hydrogens (tertiary/aromatic N) is 5. The molecule has 7 heteroatoms. The van der Waals surface area contributed by atoms with E-state index >= 15 is 0 Å². The molecule has 2 saturated heterocycles. The van der Waals surface area contributed by atoms with E-state index in [1.165, 1.54) is 18.4 Å². The van der Waals surface area contributed by atoms with Crippen LogP contribution in [-0.2, 0) is 11.3 Å². The van der Waals surface area contributed by atoms with E-state index in [2.05, 4.69) is 52.5 Å². The van der Waals surface area contributed by atoms with Crippen molar-refractivity contribution in [3.63, 3.8) is 0 Å². The highest BCUT2D eigenvalue weighted by atomic mass is 35.5. The van der Waals surface area contributed by atoms with Crippen molar-refractivity contribution < 1.29 is 4.74 Å². The molecule has 0 spiro atoms. The van der Waals surface area contributed by atoms with Gasteiger partial charge in [-0.15, -0.1) is 0 Å². The van der Waals surface area contributed by atoms with Crippen molar-refractivity contribution in [2.75, 3.05) is 51.8 Å². The summed E-state index contributed by atoms with van der Waals surface area (Å²) in [7, 11) is 4.03. The Labute approximate surface area is 185 Å². The molecule has 1 aromatic carbocycles. The predicted molar refractivity (Wildman–Crippen MR) is 123 cm³/mol. The molecule has 0 N–H and O–H groups in total. The number of benzene rings is 1. The lowest BCUT2D eigenvalue weighted by molar-refractivity contribution is -0.0438. The molecule has 4 rings (SSSR count). The summed E-state index contributed by atoms with van der Waals surface area (Å²) in [6.07, 6.45) is 2.75. The number of likely N-dealkylation sites (tertiary alicyclic amines) is 1. The smallest absolute Gasteiger partial charge is 0.211 e. The summed E-state index contributed by atoms with van der Waals surface area (Å²) >= 11 is 6.86. The van der Waals surface area contributed by atoms with Crippen LogP contribution in [-0.4, -0.2) is 78.4 Å².